The first-order valence-electron chi connectivity index (χ1n) is 11.3. The van der Waals surface area contributed by atoms with Gasteiger partial charge in [0.05, 0.1) is 9.70 Å². The first-order chi connectivity index (χ1) is 15.7. The van der Waals surface area contributed by atoms with Crippen molar-refractivity contribution in [3.05, 3.63) is 35.6 Å². The first-order valence-corrected chi connectivity index (χ1v) is 12.5. The van der Waals surface area contributed by atoms with E-state index in [0.717, 1.165) is 0 Å². The Morgan fingerprint density at radius 3 is 2.53 bits per heavy atom. The van der Waals surface area contributed by atoms with Gasteiger partial charge in [-0.1, -0.05) is 35.9 Å². The number of carbonyl (C=O) groups excluding carboxylic acids is 4. The van der Waals surface area contributed by atoms with E-state index in [-0.39, 0.29) is 24.0 Å². The Labute approximate surface area is 211 Å². The molecule has 0 unspecified atom stereocenters. The zero-order chi connectivity index (χ0) is 25.3. The van der Waals surface area contributed by atoms with Gasteiger partial charge in [0.1, 0.15) is 11.4 Å². The number of ketones is 2. The lowest BCUT2D eigenvalue weighted by Crippen LogP contribution is -2.66. The summed E-state index contributed by atoms with van der Waals surface area (Å²) in [5.74, 6) is -2.11. The molecule has 9 heteroatoms. The van der Waals surface area contributed by atoms with Crippen LogP contribution in [0.25, 0.3) is 0 Å². The van der Waals surface area contributed by atoms with Crippen molar-refractivity contribution in [2.45, 2.75) is 62.3 Å². The summed E-state index contributed by atoms with van der Waals surface area (Å²) in [6.45, 7) is 5.81. The summed E-state index contributed by atoms with van der Waals surface area (Å²) in [5.41, 5.74) is -2.86. The van der Waals surface area contributed by atoms with Gasteiger partial charge in [-0.15, -0.1) is 11.6 Å². The number of aliphatic hydroxyl groups is 1. The summed E-state index contributed by atoms with van der Waals surface area (Å²) in [4.78, 5) is 48.5. The molecule has 0 spiro atoms. The smallest absolute Gasteiger partial charge is 0.308 e. The molecular formula is C25H28BrClO7. The number of halogens is 2. The number of ether oxygens (including phenoxy) is 2. The maximum atomic E-state index is 13.1. The van der Waals surface area contributed by atoms with Crippen LogP contribution in [0.15, 0.2) is 35.6 Å². The average Bonchev–Trinajstić information content (AvgIpc) is 3.00. The summed E-state index contributed by atoms with van der Waals surface area (Å²) in [5, 5.41) is 11.1. The first kappa shape index (κ1) is 25.3. The third kappa shape index (κ3) is 3.32. The summed E-state index contributed by atoms with van der Waals surface area (Å²) in [7, 11) is 0. The van der Waals surface area contributed by atoms with E-state index in [1.807, 2.05) is 19.9 Å². The normalized spacial score (nSPS) is 42.6. The summed E-state index contributed by atoms with van der Waals surface area (Å²) in [6, 6.07) is 0. The maximum Gasteiger partial charge on any atom is 0.308 e. The van der Waals surface area contributed by atoms with E-state index in [4.69, 9.17) is 21.1 Å². The van der Waals surface area contributed by atoms with Crippen molar-refractivity contribution in [3.63, 3.8) is 0 Å². The van der Waals surface area contributed by atoms with Gasteiger partial charge in [-0.2, -0.15) is 0 Å². The van der Waals surface area contributed by atoms with E-state index in [1.165, 1.54) is 26.0 Å². The molecule has 0 aromatic rings. The fourth-order valence-electron chi connectivity index (χ4n) is 6.68. The van der Waals surface area contributed by atoms with Gasteiger partial charge >= 0.3 is 11.9 Å². The van der Waals surface area contributed by atoms with E-state index in [1.54, 1.807) is 6.08 Å². The molecule has 1 N–H and O–H groups in total. The summed E-state index contributed by atoms with van der Waals surface area (Å²) < 4.78 is 9.70. The topological polar surface area (TPSA) is 107 Å². The second-order valence-corrected chi connectivity index (χ2v) is 12.1. The minimum atomic E-state index is -1.72. The van der Waals surface area contributed by atoms with Gasteiger partial charge in [0.2, 0.25) is 5.78 Å². The van der Waals surface area contributed by atoms with Gasteiger partial charge in [0.25, 0.3) is 0 Å². The van der Waals surface area contributed by atoms with E-state index in [9.17, 15) is 24.3 Å². The van der Waals surface area contributed by atoms with Gasteiger partial charge in [0, 0.05) is 36.2 Å². The van der Waals surface area contributed by atoms with Crippen molar-refractivity contribution in [1.82, 2.24) is 0 Å². The highest BCUT2D eigenvalue weighted by Gasteiger charge is 2.72. The zero-order valence-electron chi connectivity index (χ0n) is 19.5. The highest BCUT2D eigenvalue weighted by Crippen LogP contribution is 2.71. The van der Waals surface area contributed by atoms with Crippen LogP contribution in [0.4, 0.5) is 0 Å². The molecule has 34 heavy (non-hydrogen) atoms. The lowest BCUT2D eigenvalue weighted by Gasteiger charge is -2.62. The zero-order valence-corrected chi connectivity index (χ0v) is 21.9. The highest BCUT2D eigenvalue weighted by molar-refractivity contribution is 9.10. The fraction of sp³-hybridized carbons (Fsp3) is 0.600. The van der Waals surface area contributed by atoms with E-state index in [2.05, 4.69) is 15.9 Å². The minimum Gasteiger partial charge on any atom is -0.458 e. The molecule has 2 fully saturated rings. The Kier molecular flexibility index (Phi) is 6.06. The minimum absolute atomic E-state index is 0.196. The number of esters is 2. The Morgan fingerprint density at radius 1 is 1.24 bits per heavy atom. The van der Waals surface area contributed by atoms with Gasteiger partial charge in [0.15, 0.2) is 12.4 Å². The molecule has 4 rings (SSSR count). The SMILES string of the molecule is CC(=O)OCC(=O)[C@@]1(O)CC[C@H]2[C@@H]3C=C(OC(C)=O)C4=CC(=O)C=C[C@]4(C)[C@@]3(Br)[C@@H](Cl)C[C@@]21C. The van der Waals surface area contributed by atoms with Crippen molar-refractivity contribution in [1.29, 1.82) is 0 Å². The van der Waals surface area contributed by atoms with Crippen LogP contribution >= 0.6 is 27.5 Å². The number of allylic oxidation sites excluding steroid dienone is 5. The van der Waals surface area contributed by atoms with E-state index < -0.39 is 50.5 Å². The molecule has 0 aromatic heterocycles. The third-order valence-electron chi connectivity index (χ3n) is 8.50. The molecule has 7 atom stereocenters. The number of rotatable bonds is 4. The van der Waals surface area contributed by atoms with Crippen LogP contribution in [0.1, 0.15) is 47.0 Å². The van der Waals surface area contributed by atoms with E-state index in [0.29, 0.717) is 24.2 Å². The Morgan fingerprint density at radius 2 is 1.91 bits per heavy atom. The number of hydrogen-bond acceptors (Lipinski definition) is 7. The quantitative estimate of drug-likeness (QED) is 0.417. The van der Waals surface area contributed by atoms with Crippen LogP contribution < -0.4 is 0 Å². The molecule has 0 aliphatic heterocycles. The summed E-state index contributed by atoms with van der Waals surface area (Å²) >= 11 is 11.1. The fourth-order valence-corrected chi connectivity index (χ4v) is 8.34. The lowest BCUT2D eigenvalue weighted by atomic mass is 9.48. The van der Waals surface area contributed by atoms with Gasteiger partial charge in [-0.3, -0.25) is 19.2 Å². The van der Waals surface area contributed by atoms with Crippen molar-refractivity contribution in [2.24, 2.45) is 22.7 Å². The second kappa shape index (κ2) is 8.14. The van der Waals surface area contributed by atoms with Crippen LogP contribution in [0.5, 0.6) is 0 Å². The number of fused-ring (bicyclic) bond motifs is 5. The van der Waals surface area contributed by atoms with Crippen LogP contribution in [-0.2, 0) is 28.7 Å². The number of carbonyl (C=O) groups is 4. The van der Waals surface area contributed by atoms with Crippen LogP contribution in [0, 0.1) is 22.7 Å². The lowest BCUT2D eigenvalue weighted by molar-refractivity contribution is -0.165. The molecule has 0 heterocycles. The molecule has 0 amide bonds. The van der Waals surface area contributed by atoms with Crippen molar-refractivity contribution in [2.75, 3.05) is 6.61 Å². The molecule has 0 aromatic carbocycles. The van der Waals surface area contributed by atoms with Crippen molar-refractivity contribution < 1.29 is 33.8 Å². The van der Waals surface area contributed by atoms with Crippen molar-refractivity contribution in [3.8, 4) is 0 Å². The molecule has 4 aliphatic carbocycles. The number of Topliss-reactive ketones (excluding diaryl/α,β-unsaturated/α-hetero) is 1. The van der Waals surface area contributed by atoms with Gasteiger partial charge in [-0.05, 0) is 43.4 Å². The monoisotopic (exact) mass is 554 g/mol. The molecule has 0 bridgehead atoms. The third-order valence-corrected chi connectivity index (χ3v) is 11.2. The van der Waals surface area contributed by atoms with Gasteiger partial charge in [-0.25, -0.2) is 0 Å². The highest BCUT2D eigenvalue weighted by atomic mass is 79.9. The Bertz CT molecular complexity index is 1080. The molecule has 2 saturated carbocycles. The Hall–Kier alpha value is -1.77. The standard InChI is InChI=1S/C25H28BrClO7/c1-13(28)33-12-21(31)24(32)8-6-16-17-10-19(34-14(2)29)18-9-15(30)5-7-22(18,3)25(17,26)20(27)11-23(16,24)4/h5,7,9-10,16-17,20,32H,6,8,11-12H2,1-4H3/t16-,17-,20-,22-,23-,24-,25-/m0/s1. The van der Waals surface area contributed by atoms with E-state index >= 15 is 0 Å². The number of alkyl halides is 2. The maximum absolute atomic E-state index is 13.1. The number of hydrogen-bond donors (Lipinski definition) is 1. The summed E-state index contributed by atoms with van der Waals surface area (Å²) in [6.07, 6.45) is 7.60. The molecule has 0 saturated heterocycles. The molecular weight excluding hydrogens is 528 g/mol. The van der Waals surface area contributed by atoms with Crippen LogP contribution in [0.3, 0.4) is 0 Å². The van der Waals surface area contributed by atoms with Crippen LogP contribution in [0.2, 0.25) is 0 Å². The van der Waals surface area contributed by atoms with Crippen LogP contribution in [-0.4, -0.2) is 50.5 Å². The molecule has 4 aliphatic rings. The molecule has 184 valence electrons. The molecule has 0 radical (unpaired) electrons. The predicted octanol–water partition coefficient (Wildman–Crippen LogP) is 3.56. The largest absolute Gasteiger partial charge is 0.458 e. The average molecular weight is 556 g/mol. The second-order valence-electron chi connectivity index (χ2n) is 10.2. The molecule has 7 nitrogen and oxygen atoms in total. The Balaban J connectivity index is 1.84. The predicted molar refractivity (Wildman–Crippen MR) is 127 cm³/mol. The van der Waals surface area contributed by atoms with Crippen molar-refractivity contribution >= 4 is 51.0 Å². The van der Waals surface area contributed by atoms with Gasteiger partial charge < -0.3 is 14.6 Å².